The van der Waals surface area contributed by atoms with Crippen molar-refractivity contribution < 1.29 is 14.7 Å². The topological polar surface area (TPSA) is 57.6 Å². The number of aliphatic carboxylic acids is 1. The zero-order chi connectivity index (χ0) is 15.1. The Morgan fingerprint density at radius 1 is 1.40 bits per heavy atom. The Morgan fingerprint density at radius 2 is 2.10 bits per heavy atom. The molecule has 1 rings (SSSR count). The maximum absolute atomic E-state index is 12.0. The number of carboxylic acid groups (broad SMARTS) is 1. The highest BCUT2D eigenvalue weighted by Gasteiger charge is 2.13. The molecular formula is C14H18BrNO3S. The van der Waals surface area contributed by atoms with Crippen molar-refractivity contribution in [2.75, 3.05) is 18.8 Å². The van der Waals surface area contributed by atoms with E-state index in [2.05, 4.69) is 15.9 Å². The molecule has 0 aromatic heterocycles. The molecule has 1 aromatic carbocycles. The fraction of sp³-hybridized carbons (Fsp3) is 0.429. The molecule has 110 valence electrons. The number of thioether (sulfide) groups is 1. The Bertz CT molecular complexity index is 493. The first-order chi connectivity index (χ1) is 9.43. The normalized spacial score (nSPS) is 10.3. The summed E-state index contributed by atoms with van der Waals surface area (Å²) >= 11 is 4.89. The van der Waals surface area contributed by atoms with Gasteiger partial charge < -0.3 is 10.0 Å². The summed E-state index contributed by atoms with van der Waals surface area (Å²) in [5, 5.41) is 8.66. The number of carbonyl (C=O) groups is 2. The van der Waals surface area contributed by atoms with Crippen LogP contribution < -0.4 is 0 Å². The number of hydrogen-bond acceptors (Lipinski definition) is 3. The summed E-state index contributed by atoms with van der Waals surface area (Å²) in [7, 11) is 0. The fourth-order valence-electron chi connectivity index (χ4n) is 1.70. The van der Waals surface area contributed by atoms with Crippen molar-refractivity contribution >= 4 is 39.6 Å². The van der Waals surface area contributed by atoms with E-state index in [9.17, 15) is 9.59 Å². The molecule has 0 bridgehead atoms. The van der Waals surface area contributed by atoms with Crippen molar-refractivity contribution in [2.24, 2.45) is 0 Å². The second kappa shape index (κ2) is 8.32. The van der Waals surface area contributed by atoms with E-state index in [0.717, 1.165) is 14.9 Å². The highest BCUT2D eigenvalue weighted by Crippen LogP contribution is 2.25. The van der Waals surface area contributed by atoms with Gasteiger partial charge in [0.2, 0.25) is 5.91 Å². The van der Waals surface area contributed by atoms with Crippen LogP contribution in [0.25, 0.3) is 0 Å². The Kier molecular flexibility index (Phi) is 7.09. The Morgan fingerprint density at radius 3 is 2.65 bits per heavy atom. The van der Waals surface area contributed by atoms with Crippen LogP contribution in [0.15, 0.2) is 27.6 Å². The smallest absolute Gasteiger partial charge is 0.305 e. The molecule has 0 atom stereocenters. The van der Waals surface area contributed by atoms with Crippen LogP contribution in [-0.4, -0.2) is 40.7 Å². The van der Waals surface area contributed by atoms with Crippen LogP contribution >= 0.6 is 27.7 Å². The van der Waals surface area contributed by atoms with Crippen LogP contribution in [0.1, 0.15) is 18.9 Å². The monoisotopic (exact) mass is 359 g/mol. The van der Waals surface area contributed by atoms with Crippen LogP contribution in [0.4, 0.5) is 0 Å². The van der Waals surface area contributed by atoms with Gasteiger partial charge in [-0.05, 0) is 37.6 Å². The van der Waals surface area contributed by atoms with Gasteiger partial charge in [-0.25, -0.2) is 0 Å². The van der Waals surface area contributed by atoms with Gasteiger partial charge in [0.05, 0.1) is 12.2 Å². The zero-order valence-electron chi connectivity index (χ0n) is 11.6. The molecule has 0 unspecified atom stereocenters. The summed E-state index contributed by atoms with van der Waals surface area (Å²) in [6.07, 6.45) is -0.0123. The Balaban J connectivity index is 2.54. The van der Waals surface area contributed by atoms with Gasteiger partial charge in [-0.3, -0.25) is 9.59 Å². The molecule has 0 spiro atoms. The summed E-state index contributed by atoms with van der Waals surface area (Å²) in [5.74, 6) is -0.579. The number of benzene rings is 1. The third-order valence-electron chi connectivity index (χ3n) is 2.82. The number of amides is 1. The Hall–Kier alpha value is -1.01. The van der Waals surface area contributed by atoms with Crippen LogP contribution in [0.5, 0.6) is 0 Å². The van der Waals surface area contributed by atoms with Gasteiger partial charge in [0.15, 0.2) is 0 Å². The molecule has 20 heavy (non-hydrogen) atoms. The lowest BCUT2D eigenvalue weighted by Crippen LogP contribution is -2.34. The number of halogens is 1. The predicted molar refractivity (Wildman–Crippen MR) is 84.1 cm³/mol. The van der Waals surface area contributed by atoms with E-state index in [1.165, 1.54) is 11.8 Å². The lowest BCUT2D eigenvalue weighted by molar-refractivity contribution is -0.138. The molecule has 0 saturated carbocycles. The van der Waals surface area contributed by atoms with E-state index in [1.54, 1.807) is 4.90 Å². The number of aryl methyl sites for hydroxylation is 1. The molecule has 0 aliphatic carbocycles. The second-order valence-electron chi connectivity index (χ2n) is 4.32. The molecule has 0 aliphatic rings. The highest BCUT2D eigenvalue weighted by atomic mass is 79.9. The zero-order valence-corrected chi connectivity index (χ0v) is 14.0. The minimum atomic E-state index is -0.882. The number of nitrogens with zero attached hydrogens (tertiary/aromatic N) is 1. The summed E-state index contributed by atoms with van der Waals surface area (Å²) < 4.78 is 1.02. The third-order valence-corrected chi connectivity index (χ3v) is 4.47. The maximum atomic E-state index is 12.0. The molecule has 0 saturated heterocycles. The molecule has 6 heteroatoms. The molecule has 1 amide bonds. The van der Waals surface area contributed by atoms with Crippen molar-refractivity contribution in [1.82, 2.24) is 4.90 Å². The quantitative estimate of drug-likeness (QED) is 0.759. The molecule has 4 nitrogen and oxygen atoms in total. The summed E-state index contributed by atoms with van der Waals surface area (Å²) in [4.78, 5) is 25.2. The number of hydrogen-bond donors (Lipinski definition) is 1. The average molecular weight is 360 g/mol. The summed E-state index contributed by atoms with van der Waals surface area (Å²) in [6.45, 7) is 4.66. The summed E-state index contributed by atoms with van der Waals surface area (Å²) in [5.41, 5.74) is 1.12. The Labute approximate surface area is 131 Å². The molecule has 1 N–H and O–H groups in total. The van der Waals surface area contributed by atoms with E-state index in [1.807, 2.05) is 32.0 Å². The van der Waals surface area contributed by atoms with E-state index < -0.39 is 5.97 Å². The lowest BCUT2D eigenvalue weighted by Gasteiger charge is -2.19. The van der Waals surface area contributed by atoms with Crippen molar-refractivity contribution in [3.8, 4) is 0 Å². The van der Waals surface area contributed by atoms with Crippen molar-refractivity contribution in [1.29, 1.82) is 0 Å². The summed E-state index contributed by atoms with van der Waals surface area (Å²) in [6, 6.07) is 5.93. The number of carbonyl (C=O) groups excluding carboxylic acids is 1. The second-order valence-corrected chi connectivity index (χ2v) is 6.25. The molecule has 0 radical (unpaired) electrons. The van der Waals surface area contributed by atoms with Gasteiger partial charge in [0.25, 0.3) is 0 Å². The van der Waals surface area contributed by atoms with Gasteiger partial charge in [-0.15, -0.1) is 11.8 Å². The minimum absolute atomic E-state index is 0.0123. The lowest BCUT2D eigenvalue weighted by atomic mass is 10.2. The minimum Gasteiger partial charge on any atom is -0.481 e. The van der Waals surface area contributed by atoms with Gasteiger partial charge >= 0.3 is 5.97 Å². The van der Waals surface area contributed by atoms with Crippen LogP contribution in [0, 0.1) is 6.92 Å². The molecular weight excluding hydrogens is 342 g/mol. The van der Waals surface area contributed by atoms with Crippen molar-refractivity contribution in [2.45, 2.75) is 25.2 Å². The van der Waals surface area contributed by atoms with Crippen molar-refractivity contribution in [3.05, 3.63) is 28.2 Å². The molecule has 0 fully saturated rings. The largest absolute Gasteiger partial charge is 0.481 e. The van der Waals surface area contributed by atoms with Gasteiger partial charge in [-0.2, -0.15) is 0 Å². The van der Waals surface area contributed by atoms with E-state index in [0.29, 0.717) is 12.3 Å². The van der Waals surface area contributed by atoms with Crippen LogP contribution in [0.2, 0.25) is 0 Å². The molecule has 0 aliphatic heterocycles. The average Bonchev–Trinajstić information content (AvgIpc) is 2.38. The van der Waals surface area contributed by atoms with Gasteiger partial charge in [0, 0.05) is 22.5 Å². The standard InChI is InChI=1S/C14H18BrNO3S/c1-3-16(7-6-14(18)19)13(17)9-20-12-5-4-11(15)8-10(12)2/h4-5,8H,3,6-7,9H2,1-2H3,(H,18,19). The first kappa shape index (κ1) is 17.0. The van der Waals surface area contributed by atoms with Crippen molar-refractivity contribution in [3.63, 3.8) is 0 Å². The van der Waals surface area contributed by atoms with E-state index >= 15 is 0 Å². The highest BCUT2D eigenvalue weighted by molar-refractivity contribution is 9.10. The first-order valence-corrected chi connectivity index (χ1v) is 8.10. The van der Waals surface area contributed by atoms with E-state index in [4.69, 9.17) is 5.11 Å². The molecule has 1 aromatic rings. The van der Waals surface area contributed by atoms with Gasteiger partial charge in [-0.1, -0.05) is 15.9 Å². The maximum Gasteiger partial charge on any atom is 0.305 e. The number of rotatable bonds is 7. The van der Waals surface area contributed by atoms with Gasteiger partial charge in [0.1, 0.15) is 0 Å². The SMILES string of the molecule is CCN(CCC(=O)O)C(=O)CSc1ccc(Br)cc1C. The number of carboxylic acids is 1. The molecule has 0 heterocycles. The fourth-order valence-corrected chi connectivity index (χ4v) is 3.08. The van der Waals surface area contributed by atoms with Crippen LogP contribution in [0.3, 0.4) is 0 Å². The first-order valence-electron chi connectivity index (χ1n) is 6.32. The predicted octanol–water partition coefficient (Wildman–Crippen LogP) is 3.17. The van der Waals surface area contributed by atoms with Crippen LogP contribution in [-0.2, 0) is 9.59 Å². The third kappa shape index (κ3) is 5.54. The van der Waals surface area contributed by atoms with E-state index in [-0.39, 0.29) is 18.9 Å².